The number of carboxylic acid groups (broad SMARTS) is 1. The molecular formula is C26H38N6O6. The number of carbonyl (C=O) groups is 5. The van der Waals surface area contributed by atoms with E-state index in [1.165, 1.54) is 0 Å². The summed E-state index contributed by atoms with van der Waals surface area (Å²) in [6, 6.07) is 2.92. The summed E-state index contributed by atoms with van der Waals surface area (Å²) in [5.41, 5.74) is 12.7. The van der Waals surface area contributed by atoms with Crippen LogP contribution in [0.25, 0.3) is 10.9 Å². The van der Waals surface area contributed by atoms with E-state index in [1.54, 1.807) is 33.9 Å². The molecule has 0 saturated heterocycles. The molecule has 12 nitrogen and oxygen atoms in total. The molecule has 2 rings (SSSR count). The minimum absolute atomic E-state index is 0.0145. The predicted molar refractivity (Wildman–Crippen MR) is 142 cm³/mol. The van der Waals surface area contributed by atoms with Crippen LogP contribution in [0.5, 0.6) is 0 Å². The number of H-pyrrole nitrogens is 1. The number of aromatic amines is 1. The fourth-order valence-electron chi connectivity index (χ4n) is 3.90. The molecule has 0 spiro atoms. The molecule has 4 amide bonds. The molecule has 4 unspecified atom stereocenters. The van der Waals surface area contributed by atoms with Crippen LogP contribution in [0.4, 0.5) is 0 Å². The molecule has 1 aromatic heterocycles. The second-order valence-corrected chi connectivity index (χ2v) is 10.0. The summed E-state index contributed by atoms with van der Waals surface area (Å²) >= 11 is 0. The van der Waals surface area contributed by atoms with Crippen LogP contribution in [-0.2, 0) is 30.4 Å². The largest absolute Gasteiger partial charge is 0.480 e. The molecule has 12 heteroatoms. The molecule has 0 fully saturated rings. The summed E-state index contributed by atoms with van der Waals surface area (Å²) in [6.07, 6.45) is 1.28. The average Bonchev–Trinajstić information content (AvgIpc) is 3.26. The van der Waals surface area contributed by atoms with Gasteiger partial charge in [0.2, 0.25) is 23.6 Å². The topological polar surface area (TPSA) is 209 Å². The van der Waals surface area contributed by atoms with Crippen molar-refractivity contribution < 1.29 is 29.1 Å². The molecule has 208 valence electrons. The van der Waals surface area contributed by atoms with Crippen molar-refractivity contribution in [3.05, 3.63) is 36.0 Å². The maximum Gasteiger partial charge on any atom is 0.326 e. The third kappa shape index (κ3) is 8.30. The zero-order valence-electron chi connectivity index (χ0n) is 22.1. The van der Waals surface area contributed by atoms with Crippen LogP contribution in [0.15, 0.2) is 30.5 Å². The van der Waals surface area contributed by atoms with Gasteiger partial charge >= 0.3 is 5.97 Å². The van der Waals surface area contributed by atoms with E-state index in [1.807, 2.05) is 24.3 Å². The van der Waals surface area contributed by atoms with E-state index in [4.69, 9.17) is 11.5 Å². The van der Waals surface area contributed by atoms with E-state index >= 15 is 0 Å². The Kier molecular flexibility index (Phi) is 10.8. The molecule has 0 saturated carbocycles. The molecule has 0 aliphatic rings. The first kappa shape index (κ1) is 30.3. The van der Waals surface area contributed by atoms with Gasteiger partial charge in [-0.2, -0.15) is 0 Å². The molecule has 0 radical (unpaired) electrons. The fourth-order valence-corrected chi connectivity index (χ4v) is 3.90. The Morgan fingerprint density at radius 2 is 1.53 bits per heavy atom. The molecule has 9 N–H and O–H groups in total. The van der Waals surface area contributed by atoms with Crippen LogP contribution in [0.3, 0.4) is 0 Å². The van der Waals surface area contributed by atoms with Crippen LogP contribution in [0, 0.1) is 11.8 Å². The van der Waals surface area contributed by atoms with Gasteiger partial charge in [0.05, 0.1) is 6.04 Å². The number of aliphatic carboxylic acids is 1. The van der Waals surface area contributed by atoms with Gasteiger partial charge in [0.1, 0.15) is 18.1 Å². The zero-order chi connectivity index (χ0) is 28.6. The smallest absolute Gasteiger partial charge is 0.326 e. The molecule has 0 aliphatic heterocycles. The van der Waals surface area contributed by atoms with Crippen molar-refractivity contribution in [2.75, 3.05) is 0 Å². The number of hydrogen-bond acceptors (Lipinski definition) is 6. The molecule has 1 heterocycles. The van der Waals surface area contributed by atoms with E-state index in [9.17, 15) is 29.1 Å². The maximum absolute atomic E-state index is 13.2. The number of rotatable bonds is 14. The Morgan fingerprint density at radius 1 is 0.895 bits per heavy atom. The lowest BCUT2D eigenvalue weighted by atomic mass is 9.99. The van der Waals surface area contributed by atoms with Crippen molar-refractivity contribution in [3.63, 3.8) is 0 Å². The third-order valence-electron chi connectivity index (χ3n) is 6.29. The maximum atomic E-state index is 13.2. The highest BCUT2D eigenvalue weighted by Gasteiger charge is 2.32. The van der Waals surface area contributed by atoms with E-state index in [0.717, 1.165) is 10.9 Å². The Morgan fingerprint density at radius 3 is 2.11 bits per heavy atom. The number of nitrogens with two attached hydrogens (primary N) is 2. The highest BCUT2D eigenvalue weighted by molar-refractivity contribution is 5.94. The molecule has 4 atom stereocenters. The Hall–Kier alpha value is -3.93. The van der Waals surface area contributed by atoms with Gasteiger partial charge in [-0.15, -0.1) is 0 Å². The molecular weight excluding hydrogens is 492 g/mol. The lowest BCUT2D eigenvalue weighted by molar-refractivity contribution is -0.142. The summed E-state index contributed by atoms with van der Waals surface area (Å²) < 4.78 is 0. The Bertz CT molecular complexity index is 1160. The van der Waals surface area contributed by atoms with E-state index in [2.05, 4.69) is 20.9 Å². The number of fused-ring (bicyclic) bond motifs is 1. The van der Waals surface area contributed by atoms with Gasteiger partial charge in [0.25, 0.3) is 0 Å². The monoisotopic (exact) mass is 530 g/mol. The van der Waals surface area contributed by atoms with Gasteiger partial charge in [-0.3, -0.25) is 19.2 Å². The van der Waals surface area contributed by atoms with Crippen molar-refractivity contribution in [2.24, 2.45) is 23.3 Å². The number of primary amides is 1. The SMILES string of the molecule is CC(C)C(N)C(=O)NC(C(=O)NC(CCC(N)=O)C(=O)NC(Cc1c[nH]c2ccccc12)C(=O)O)C(C)C. The normalized spacial score (nSPS) is 14.5. The quantitative estimate of drug-likeness (QED) is 0.180. The molecule has 0 aliphatic carbocycles. The third-order valence-corrected chi connectivity index (χ3v) is 6.29. The lowest BCUT2D eigenvalue weighted by Gasteiger charge is -2.27. The summed E-state index contributed by atoms with van der Waals surface area (Å²) in [7, 11) is 0. The summed E-state index contributed by atoms with van der Waals surface area (Å²) in [5.74, 6) is -4.45. The second kappa shape index (κ2) is 13.6. The van der Waals surface area contributed by atoms with E-state index < -0.39 is 53.8 Å². The van der Waals surface area contributed by atoms with E-state index in [0.29, 0.717) is 5.56 Å². The summed E-state index contributed by atoms with van der Waals surface area (Å²) in [4.78, 5) is 65.2. The fraction of sp³-hybridized carbons (Fsp3) is 0.500. The summed E-state index contributed by atoms with van der Waals surface area (Å²) in [5, 5.41) is 18.2. The number of benzene rings is 1. The van der Waals surface area contributed by atoms with E-state index in [-0.39, 0.29) is 31.1 Å². The first-order valence-corrected chi connectivity index (χ1v) is 12.5. The zero-order valence-corrected chi connectivity index (χ0v) is 22.1. The van der Waals surface area contributed by atoms with Gasteiger partial charge in [0.15, 0.2) is 0 Å². The second-order valence-electron chi connectivity index (χ2n) is 10.0. The standard InChI is InChI=1S/C26H38N6O6/c1-13(2)21(28)24(35)32-22(14(3)4)25(36)30-18(9-10-20(27)33)23(34)31-19(26(37)38)11-15-12-29-17-8-6-5-7-16(15)17/h5-8,12-14,18-19,21-22,29H,9-11,28H2,1-4H3,(H2,27,33)(H,30,36)(H,31,34)(H,32,35)(H,37,38). The van der Waals surface area contributed by atoms with Crippen LogP contribution in [-0.4, -0.2) is 63.9 Å². The first-order valence-electron chi connectivity index (χ1n) is 12.5. The highest BCUT2D eigenvalue weighted by atomic mass is 16.4. The van der Waals surface area contributed by atoms with Crippen molar-refractivity contribution in [1.29, 1.82) is 0 Å². The Labute approximate surface area is 221 Å². The first-order chi connectivity index (χ1) is 17.8. The molecule has 0 bridgehead atoms. The minimum atomic E-state index is -1.31. The molecule has 2 aromatic rings. The van der Waals surface area contributed by atoms with Crippen LogP contribution >= 0.6 is 0 Å². The van der Waals surface area contributed by atoms with Crippen molar-refractivity contribution in [2.45, 2.75) is 71.1 Å². The minimum Gasteiger partial charge on any atom is -0.480 e. The van der Waals surface area contributed by atoms with Gasteiger partial charge < -0.3 is 37.5 Å². The summed E-state index contributed by atoms with van der Waals surface area (Å²) in [6.45, 7) is 6.97. The van der Waals surface area contributed by atoms with Gasteiger partial charge in [-0.1, -0.05) is 45.9 Å². The predicted octanol–water partition coefficient (Wildman–Crippen LogP) is 0.154. The van der Waals surface area contributed by atoms with Gasteiger partial charge in [0, 0.05) is 29.9 Å². The highest BCUT2D eigenvalue weighted by Crippen LogP contribution is 2.19. The number of aromatic nitrogens is 1. The number of carboxylic acids is 1. The van der Waals surface area contributed by atoms with Gasteiger partial charge in [-0.25, -0.2) is 4.79 Å². The number of carbonyl (C=O) groups excluding carboxylic acids is 4. The molecule has 1 aromatic carbocycles. The number of nitrogens with one attached hydrogen (secondary N) is 4. The van der Waals surface area contributed by atoms with Gasteiger partial charge in [-0.05, 0) is 29.9 Å². The number of hydrogen-bond donors (Lipinski definition) is 7. The lowest BCUT2D eigenvalue weighted by Crippen LogP contribution is -2.59. The average molecular weight is 531 g/mol. The van der Waals surface area contributed by atoms with Crippen molar-refractivity contribution >= 4 is 40.5 Å². The number of amides is 4. The number of para-hydroxylation sites is 1. The van der Waals surface area contributed by atoms with Crippen LogP contribution < -0.4 is 27.4 Å². The Balaban J connectivity index is 2.20. The van der Waals surface area contributed by atoms with Crippen LogP contribution in [0.1, 0.15) is 46.1 Å². The van der Waals surface area contributed by atoms with Crippen LogP contribution in [0.2, 0.25) is 0 Å². The van der Waals surface area contributed by atoms with Crippen molar-refractivity contribution in [3.8, 4) is 0 Å². The van der Waals surface area contributed by atoms with Crippen molar-refractivity contribution in [1.82, 2.24) is 20.9 Å². The molecule has 38 heavy (non-hydrogen) atoms.